The predicted molar refractivity (Wildman–Crippen MR) is 126 cm³/mol. The lowest BCUT2D eigenvalue weighted by Gasteiger charge is -2.26. The third-order valence-electron chi connectivity index (χ3n) is 6.19. The molecule has 5 nitrogen and oxygen atoms in total. The van der Waals surface area contributed by atoms with Crippen LogP contribution in [0, 0.1) is 11.8 Å². The summed E-state index contributed by atoms with van der Waals surface area (Å²) < 4.78 is 40.1. The monoisotopic (exact) mass is 504 g/mol. The Morgan fingerprint density at radius 2 is 1.91 bits per heavy atom. The highest BCUT2D eigenvalue weighted by molar-refractivity contribution is 6.38. The first-order valence-corrected chi connectivity index (χ1v) is 11.9. The second-order valence-electron chi connectivity index (χ2n) is 8.77. The first kappa shape index (κ1) is 25.7. The van der Waals surface area contributed by atoms with Crippen molar-refractivity contribution < 1.29 is 18.0 Å². The lowest BCUT2D eigenvalue weighted by Crippen LogP contribution is -2.33. The molecule has 10 heteroatoms. The molecule has 1 aromatic heterocycles. The Bertz CT molecular complexity index is 985. The molecule has 1 amide bonds. The van der Waals surface area contributed by atoms with Gasteiger partial charge < -0.3 is 10.6 Å². The minimum Gasteiger partial charge on any atom is -0.374 e. The van der Waals surface area contributed by atoms with Crippen LogP contribution in [0.1, 0.15) is 56.9 Å². The summed E-state index contributed by atoms with van der Waals surface area (Å²) in [5, 5.41) is 10.1. The molecule has 3 rings (SSSR count). The van der Waals surface area contributed by atoms with E-state index < -0.39 is 12.2 Å². The lowest BCUT2D eigenvalue weighted by atomic mass is 9.83. The van der Waals surface area contributed by atoms with Crippen LogP contribution in [-0.2, 0) is 6.54 Å². The lowest BCUT2D eigenvalue weighted by molar-refractivity contribution is -0.138. The molecular formula is C23H29Cl2F3N4O. The van der Waals surface area contributed by atoms with Gasteiger partial charge in [-0.15, -0.1) is 0 Å². The quantitative estimate of drug-likeness (QED) is 0.436. The van der Waals surface area contributed by atoms with Crippen molar-refractivity contribution in [2.75, 3.05) is 11.9 Å². The number of carbonyl (C=O) groups is 1. The molecule has 0 aliphatic heterocycles. The first-order valence-electron chi connectivity index (χ1n) is 11.2. The van der Waals surface area contributed by atoms with Crippen molar-refractivity contribution in [2.24, 2.45) is 11.8 Å². The number of nitrogens with zero attached hydrogens (tertiary/aromatic N) is 2. The molecule has 1 aliphatic rings. The zero-order valence-corrected chi connectivity index (χ0v) is 20.4. The number of alkyl halides is 3. The summed E-state index contributed by atoms with van der Waals surface area (Å²) in [6, 6.07) is 2.75. The van der Waals surface area contributed by atoms with Gasteiger partial charge in [-0.2, -0.15) is 18.3 Å². The number of rotatable bonds is 7. The van der Waals surface area contributed by atoms with E-state index in [2.05, 4.69) is 22.7 Å². The minimum absolute atomic E-state index is 0.113. The summed E-state index contributed by atoms with van der Waals surface area (Å²) in [6.45, 7) is 6.15. The van der Waals surface area contributed by atoms with E-state index in [0.29, 0.717) is 30.3 Å². The number of benzene rings is 1. The third-order valence-corrected chi connectivity index (χ3v) is 6.87. The zero-order valence-electron chi connectivity index (χ0n) is 18.9. The van der Waals surface area contributed by atoms with Crippen molar-refractivity contribution in [1.29, 1.82) is 0 Å². The smallest absolute Gasteiger partial charge is 0.374 e. The number of halogens is 5. The van der Waals surface area contributed by atoms with Crippen molar-refractivity contribution in [2.45, 2.75) is 65.2 Å². The Kier molecular flexibility index (Phi) is 8.22. The largest absolute Gasteiger partial charge is 0.408 e. The number of hydrogen-bond donors (Lipinski definition) is 2. The molecule has 0 unspecified atom stereocenters. The van der Waals surface area contributed by atoms with Crippen molar-refractivity contribution in [3.05, 3.63) is 33.9 Å². The molecule has 0 saturated heterocycles. The Morgan fingerprint density at radius 3 is 2.48 bits per heavy atom. The zero-order chi connectivity index (χ0) is 24.3. The fraction of sp³-hybridized carbons (Fsp3) is 0.565. The normalized spacial score (nSPS) is 19.9. The van der Waals surface area contributed by atoms with Crippen LogP contribution in [0.25, 0.3) is 11.3 Å². The van der Waals surface area contributed by atoms with Gasteiger partial charge in [0.25, 0.3) is 5.91 Å². The highest BCUT2D eigenvalue weighted by Crippen LogP contribution is 2.37. The summed E-state index contributed by atoms with van der Waals surface area (Å²) in [4.78, 5) is 12.8. The molecule has 1 atom stereocenters. The maximum absolute atomic E-state index is 12.8. The molecule has 1 aliphatic carbocycles. The average molecular weight is 505 g/mol. The fourth-order valence-corrected chi connectivity index (χ4v) is 4.65. The Morgan fingerprint density at radius 1 is 1.24 bits per heavy atom. The standard InChI is InChI=1S/C23H29Cl2F3N4O/c1-4-32-21(17-10-9-16(11-18(17)24)30-14(3)23(26,27)28)19(25)20(31-32)22(33)29-12-15-7-5-13(2)6-8-15/h9-11,13-15,30H,4-8,12H2,1-3H3,(H,29,33)/t13?,14-,15?/m1/s1. The number of aromatic nitrogens is 2. The van der Waals surface area contributed by atoms with Gasteiger partial charge in [0, 0.05) is 24.3 Å². The highest BCUT2D eigenvalue weighted by atomic mass is 35.5. The molecule has 1 saturated carbocycles. The molecule has 182 valence electrons. The van der Waals surface area contributed by atoms with Gasteiger partial charge in [0.15, 0.2) is 5.69 Å². The van der Waals surface area contributed by atoms with E-state index in [0.717, 1.165) is 25.7 Å². The van der Waals surface area contributed by atoms with Crippen LogP contribution in [0.5, 0.6) is 0 Å². The van der Waals surface area contributed by atoms with Crippen LogP contribution < -0.4 is 10.6 Å². The number of carbonyl (C=O) groups excluding carboxylic acids is 1. The topological polar surface area (TPSA) is 59.0 Å². The van der Waals surface area contributed by atoms with E-state index >= 15 is 0 Å². The van der Waals surface area contributed by atoms with Crippen molar-refractivity contribution >= 4 is 34.8 Å². The summed E-state index contributed by atoms with van der Waals surface area (Å²) in [7, 11) is 0. The van der Waals surface area contributed by atoms with E-state index in [4.69, 9.17) is 23.2 Å². The molecule has 33 heavy (non-hydrogen) atoms. The van der Waals surface area contributed by atoms with E-state index in [9.17, 15) is 18.0 Å². The Labute approximate surface area is 202 Å². The molecule has 0 radical (unpaired) electrons. The molecule has 0 bridgehead atoms. The summed E-state index contributed by atoms with van der Waals surface area (Å²) in [6.07, 6.45) is 0.134. The summed E-state index contributed by atoms with van der Waals surface area (Å²) in [5.41, 5.74) is 1.28. The molecule has 1 heterocycles. The van der Waals surface area contributed by atoms with E-state index in [1.807, 2.05) is 6.92 Å². The Balaban J connectivity index is 1.79. The molecule has 1 aromatic carbocycles. The van der Waals surface area contributed by atoms with Crippen LogP contribution in [0.2, 0.25) is 10.0 Å². The predicted octanol–water partition coefficient (Wildman–Crippen LogP) is 6.80. The van der Waals surface area contributed by atoms with Gasteiger partial charge in [-0.25, -0.2) is 0 Å². The third kappa shape index (κ3) is 6.15. The van der Waals surface area contributed by atoms with Gasteiger partial charge in [0.2, 0.25) is 0 Å². The van der Waals surface area contributed by atoms with Gasteiger partial charge in [-0.3, -0.25) is 9.48 Å². The van der Waals surface area contributed by atoms with Crippen molar-refractivity contribution in [3.8, 4) is 11.3 Å². The number of amides is 1. The van der Waals surface area contributed by atoms with Gasteiger partial charge >= 0.3 is 6.18 Å². The molecule has 2 N–H and O–H groups in total. The molecule has 0 spiro atoms. The number of nitrogens with one attached hydrogen (secondary N) is 2. The van der Waals surface area contributed by atoms with E-state index in [1.165, 1.54) is 25.0 Å². The van der Waals surface area contributed by atoms with Gasteiger partial charge in [0.1, 0.15) is 6.04 Å². The second-order valence-corrected chi connectivity index (χ2v) is 9.55. The minimum atomic E-state index is -4.38. The van der Waals surface area contributed by atoms with Crippen LogP contribution in [0.15, 0.2) is 18.2 Å². The molecule has 2 aromatic rings. The molecule has 1 fully saturated rings. The highest BCUT2D eigenvalue weighted by Gasteiger charge is 2.36. The maximum Gasteiger partial charge on any atom is 0.408 e. The second kappa shape index (κ2) is 10.6. The number of aryl methyl sites for hydroxylation is 1. The first-order chi connectivity index (χ1) is 15.5. The molecular weight excluding hydrogens is 476 g/mol. The van der Waals surface area contributed by atoms with Gasteiger partial charge in [-0.1, -0.05) is 43.0 Å². The number of anilines is 1. The van der Waals surface area contributed by atoms with Gasteiger partial charge in [-0.05, 0) is 56.7 Å². The van der Waals surface area contributed by atoms with Gasteiger partial charge in [0.05, 0.1) is 15.7 Å². The van der Waals surface area contributed by atoms with Crippen LogP contribution in [-0.4, -0.2) is 34.5 Å². The van der Waals surface area contributed by atoms with Crippen molar-refractivity contribution in [3.63, 3.8) is 0 Å². The van der Waals surface area contributed by atoms with Crippen molar-refractivity contribution in [1.82, 2.24) is 15.1 Å². The van der Waals surface area contributed by atoms with Crippen LogP contribution in [0.4, 0.5) is 18.9 Å². The van der Waals surface area contributed by atoms with E-state index in [-0.39, 0.29) is 27.3 Å². The summed E-state index contributed by atoms with van der Waals surface area (Å²) in [5.74, 6) is 0.836. The van der Waals surface area contributed by atoms with Crippen LogP contribution >= 0.6 is 23.2 Å². The fourth-order valence-electron chi connectivity index (χ4n) is 4.05. The Hall–Kier alpha value is -1.93. The van der Waals surface area contributed by atoms with Crippen LogP contribution in [0.3, 0.4) is 0 Å². The summed E-state index contributed by atoms with van der Waals surface area (Å²) >= 11 is 13.0. The SMILES string of the molecule is CCn1nc(C(=O)NCC2CCC(C)CC2)c(Cl)c1-c1ccc(N[C@H](C)C(F)(F)F)cc1Cl. The average Bonchev–Trinajstić information content (AvgIpc) is 3.09. The maximum atomic E-state index is 12.8. The number of hydrogen-bond acceptors (Lipinski definition) is 3. The van der Waals surface area contributed by atoms with E-state index in [1.54, 1.807) is 10.7 Å².